The van der Waals surface area contributed by atoms with Gasteiger partial charge in [0.2, 0.25) is 0 Å². The summed E-state index contributed by atoms with van der Waals surface area (Å²) < 4.78 is 26.0. The average Bonchev–Trinajstić information content (AvgIpc) is 1.54. The maximum absolute atomic E-state index is 8.74. The first-order chi connectivity index (χ1) is 5.20. The summed E-state index contributed by atoms with van der Waals surface area (Å²) in [5, 5.41) is 0. The van der Waals surface area contributed by atoms with Gasteiger partial charge in [0.05, 0.1) is 0 Å². The van der Waals surface area contributed by atoms with Crippen LogP contribution in [0.2, 0.25) is 0 Å². The minimum atomic E-state index is -3.63. The fraction of sp³-hybridized carbons (Fsp3) is 0. The predicted octanol–water partition coefficient (Wildman–Crippen LogP) is -12.1. The van der Waals surface area contributed by atoms with Gasteiger partial charge >= 0.3 is 121 Å². The van der Waals surface area contributed by atoms with Gasteiger partial charge in [0.15, 0.2) is 0 Å². The van der Waals surface area contributed by atoms with Crippen LogP contribution in [-0.2, 0) is 13.4 Å². The first-order valence-electron chi connectivity index (χ1n) is 1.92. The Kier molecular flexibility index (Phi) is 51.9. The van der Waals surface area contributed by atoms with E-state index in [1.54, 1.807) is 0 Å². The minimum absolute atomic E-state index is 0. The zero-order valence-corrected chi connectivity index (χ0v) is 16.6. The molecule has 0 unspecified atom stereocenters. The molecule has 0 aliphatic carbocycles. The molecule has 0 radical (unpaired) electrons. The van der Waals surface area contributed by atoms with Crippen molar-refractivity contribution < 1.29 is 145 Å². The Morgan fingerprint density at radius 3 is 0.714 bits per heavy atom. The molecule has 0 fully saturated rings. The second kappa shape index (κ2) is 24.4. The Bertz CT molecular complexity index is 116. The van der Waals surface area contributed by atoms with Crippen molar-refractivity contribution in [3.05, 3.63) is 0 Å². The molecule has 72 valence electrons. The van der Waals surface area contributed by atoms with Crippen LogP contribution >= 0.6 is 0 Å². The van der Waals surface area contributed by atoms with Crippen LogP contribution in [0.1, 0.15) is 0 Å². The number of hydrogen-bond donors (Lipinski definition) is 4. The molecule has 0 atom stereocenters. The maximum atomic E-state index is 8.74. The molecule has 0 amide bonds. The van der Waals surface area contributed by atoms with Crippen molar-refractivity contribution >= 4 is 27.5 Å². The third-order valence-corrected chi connectivity index (χ3v) is 0. The van der Waals surface area contributed by atoms with Gasteiger partial charge in [0.1, 0.15) is 0 Å². The number of hydrogen-bond acceptors (Lipinski definition) is 5. The molecule has 0 spiro atoms. The molecule has 0 bridgehead atoms. The quantitative estimate of drug-likeness (QED) is 0.316. The Morgan fingerprint density at radius 2 is 0.714 bits per heavy atom. The Hall–Kier alpha value is 2.12. The van der Waals surface area contributed by atoms with Crippen molar-refractivity contribution in [3.8, 4) is 0 Å². The molecule has 9 nitrogen and oxygen atoms in total. The van der Waals surface area contributed by atoms with Crippen molar-refractivity contribution in [3.63, 3.8) is 0 Å². The molecule has 14 heteroatoms. The summed E-state index contributed by atoms with van der Waals surface area (Å²) >= 11 is 0. The fourth-order valence-electron chi connectivity index (χ4n) is 0. The molecular weight excluding hydrogens is 306 g/mol. The fourth-order valence-corrected chi connectivity index (χ4v) is 0. The molecule has 0 aliphatic rings. The van der Waals surface area contributed by atoms with Crippen LogP contribution in [0, 0.1) is 0 Å². The van der Waals surface area contributed by atoms with E-state index < -0.39 is 27.5 Å². The summed E-state index contributed by atoms with van der Waals surface area (Å²) in [5.41, 5.74) is 0. The molecular formula is H4K2O9Si3. The van der Waals surface area contributed by atoms with E-state index in [9.17, 15) is 0 Å². The molecule has 0 saturated carbocycles. The third-order valence-electron chi connectivity index (χ3n) is 0. The van der Waals surface area contributed by atoms with E-state index in [4.69, 9.17) is 42.2 Å². The molecule has 0 aromatic rings. The van der Waals surface area contributed by atoms with E-state index in [-0.39, 0.29) is 103 Å². The molecule has 0 rings (SSSR count). The van der Waals surface area contributed by atoms with Crippen molar-refractivity contribution in [2.24, 2.45) is 0 Å². The summed E-state index contributed by atoms with van der Waals surface area (Å²) in [6.45, 7) is 0. The minimum Gasteiger partial charge on any atom is -0.672 e. The third kappa shape index (κ3) is 539. The van der Waals surface area contributed by atoms with Crippen molar-refractivity contribution in [2.45, 2.75) is 0 Å². The normalized spacial score (nSPS) is 5.14. The summed E-state index contributed by atoms with van der Waals surface area (Å²) in [4.78, 5) is 45.7. The smallest absolute Gasteiger partial charge is 0.672 e. The van der Waals surface area contributed by atoms with Gasteiger partial charge in [-0.05, 0) is 0 Å². The van der Waals surface area contributed by atoms with Gasteiger partial charge in [0, 0.05) is 9.17 Å². The van der Waals surface area contributed by atoms with E-state index in [1.807, 2.05) is 0 Å². The van der Waals surface area contributed by atoms with Crippen molar-refractivity contribution in [1.29, 1.82) is 0 Å². The predicted molar refractivity (Wildman–Crippen MR) is 28.2 cm³/mol. The maximum Gasteiger partial charge on any atom is 1.00 e. The first-order valence-corrected chi connectivity index (χ1v) is 5.75. The Labute approximate surface area is 168 Å². The zero-order valence-electron chi connectivity index (χ0n) is 7.33. The van der Waals surface area contributed by atoms with Crippen LogP contribution in [0.25, 0.3) is 0 Å². The van der Waals surface area contributed by atoms with Gasteiger partial charge in [-0.15, -0.1) is 0 Å². The molecule has 0 heterocycles. The van der Waals surface area contributed by atoms with Gasteiger partial charge < -0.3 is 33.2 Å². The van der Waals surface area contributed by atoms with Gasteiger partial charge in [-0.2, -0.15) is 0 Å². The largest absolute Gasteiger partial charge is 1.00 e. The van der Waals surface area contributed by atoms with Gasteiger partial charge in [-0.1, -0.05) is 0 Å². The molecule has 0 aromatic heterocycles. The standard InChI is InChI=1S/2K.2H2O3Si.O3Si/c;;3*1-4(2)3/h;;2*1-2H;/q2*+1;;;-2. The molecule has 0 aliphatic heterocycles. The summed E-state index contributed by atoms with van der Waals surface area (Å²) in [5.74, 6) is 0. The van der Waals surface area contributed by atoms with E-state index in [1.165, 1.54) is 0 Å². The topological polar surface area (TPSA) is 178 Å². The van der Waals surface area contributed by atoms with Gasteiger partial charge in [-0.25, -0.2) is 0 Å². The van der Waals surface area contributed by atoms with Crippen LogP contribution in [0.4, 0.5) is 0 Å². The SMILES string of the molecule is O=[Si](O)O.O=[Si](O)O.O=[Si]([O-])[O-].[K+].[K+]. The van der Waals surface area contributed by atoms with Crippen LogP contribution in [0.3, 0.4) is 0 Å². The second-order valence-electron chi connectivity index (χ2n) is 0.815. The Morgan fingerprint density at radius 1 is 0.714 bits per heavy atom. The van der Waals surface area contributed by atoms with E-state index in [0.29, 0.717) is 0 Å². The molecule has 14 heavy (non-hydrogen) atoms. The molecule has 4 N–H and O–H groups in total. The monoisotopic (exact) mass is 310 g/mol. The average molecular weight is 310 g/mol. The van der Waals surface area contributed by atoms with Crippen LogP contribution < -0.4 is 112 Å². The zero-order chi connectivity index (χ0) is 10.7. The van der Waals surface area contributed by atoms with Crippen molar-refractivity contribution in [1.82, 2.24) is 0 Å². The number of rotatable bonds is 0. The second-order valence-corrected chi connectivity index (χ2v) is 2.45. The Balaban J connectivity index is -0.0000000270. The molecule has 0 aromatic carbocycles. The van der Waals surface area contributed by atoms with Gasteiger partial charge in [0.25, 0.3) is 0 Å². The van der Waals surface area contributed by atoms with Crippen LogP contribution in [-0.4, -0.2) is 46.7 Å². The van der Waals surface area contributed by atoms with Crippen LogP contribution in [0.5, 0.6) is 0 Å². The van der Waals surface area contributed by atoms with E-state index >= 15 is 0 Å². The first kappa shape index (κ1) is 29.8. The van der Waals surface area contributed by atoms with Crippen LogP contribution in [0.15, 0.2) is 0 Å². The van der Waals surface area contributed by atoms with Crippen molar-refractivity contribution in [2.75, 3.05) is 0 Å². The molecule has 0 saturated heterocycles. The van der Waals surface area contributed by atoms with E-state index in [2.05, 4.69) is 0 Å². The summed E-state index contributed by atoms with van der Waals surface area (Å²) in [6, 6.07) is 0. The van der Waals surface area contributed by atoms with E-state index in [0.717, 1.165) is 0 Å². The summed E-state index contributed by atoms with van der Waals surface area (Å²) in [6.07, 6.45) is 0. The summed E-state index contributed by atoms with van der Waals surface area (Å²) in [7, 11) is -9.89. The van der Waals surface area contributed by atoms with Gasteiger partial charge in [-0.3, -0.25) is 8.92 Å².